The molecule has 2 aromatic heterocycles. The Morgan fingerprint density at radius 3 is 2.90 bits per heavy atom. The number of rotatable bonds is 6. The van der Waals surface area contributed by atoms with Crippen LogP contribution in [0.25, 0.3) is 5.65 Å². The lowest BCUT2D eigenvalue weighted by molar-refractivity contribution is 0.0520. The summed E-state index contributed by atoms with van der Waals surface area (Å²) < 4.78 is 7.40. The average molecular weight is 341 g/mol. The molecule has 0 bridgehead atoms. The molecule has 0 aliphatic carbocycles. The third kappa shape index (κ3) is 3.27. The van der Waals surface area contributed by atoms with Crippen molar-refractivity contribution in [3.63, 3.8) is 0 Å². The molecule has 0 fully saturated rings. The van der Waals surface area contributed by atoms with E-state index in [-0.39, 0.29) is 5.69 Å². The highest BCUT2D eigenvalue weighted by atomic mass is 79.9. The van der Waals surface area contributed by atoms with E-state index in [1.165, 1.54) is 0 Å². The summed E-state index contributed by atoms with van der Waals surface area (Å²) in [5, 5.41) is 3.24. The summed E-state index contributed by atoms with van der Waals surface area (Å²) in [4.78, 5) is 20.4. The summed E-state index contributed by atoms with van der Waals surface area (Å²) in [5.41, 5.74) is 0.901. The highest BCUT2D eigenvalue weighted by Gasteiger charge is 2.15. The number of anilines is 1. The summed E-state index contributed by atoms with van der Waals surface area (Å²) >= 11 is 3.35. The normalized spacial score (nSPS) is 10.8. The van der Waals surface area contributed by atoms with Gasteiger partial charge in [-0.1, -0.05) is 13.3 Å². The van der Waals surface area contributed by atoms with Crippen molar-refractivity contribution in [2.24, 2.45) is 0 Å². The van der Waals surface area contributed by atoms with Gasteiger partial charge in [-0.25, -0.2) is 14.8 Å². The molecule has 0 amide bonds. The lowest BCUT2D eigenvalue weighted by Crippen LogP contribution is -2.06. The molecule has 0 aliphatic heterocycles. The topological polar surface area (TPSA) is 68.5 Å². The van der Waals surface area contributed by atoms with Gasteiger partial charge in [0.1, 0.15) is 4.60 Å². The van der Waals surface area contributed by atoms with Crippen molar-refractivity contribution in [3.8, 4) is 0 Å². The lowest BCUT2D eigenvalue weighted by Gasteiger charge is -2.06. The standard InChI is InChI=1S/C13H17BrN4O2/c1-3-5-6-15-11-12-16-9(13(19)20-4-2)7-18(12)8-10(14)17-11/h7-8H,3-6H2,1-2H3,(H,15,17). The van der Waals surface area contributed by atoms with Crippen LogP contribution in [0.3, 0.4) is 0 Å². The van der Waals surface area contributed by atoms with E-state index in [2.05, 4.69) is 38.1 Å². The van der Waals surface area contributed by atoms with Gasteiger partial charge in [0.2, 0.25) is 0 Å². The molecule has 1 N–H and O–H groups in total. The number of nitrogens with zero attached hydrogens (tertiary/aromatic N) is 3. The van der Waals surface area contributed by atoms with Gasteiger partial charge in [0.25, 0.3) is 0 Å². The number of imidazole rings is 1. The molecule has 0 aromatic carbocycles. The van der Waals surface area contributed by atoms with Crippen LogP contribution in [0, 0.1) is 0 Å². The van der Waals surface area contributed by atoms with Gasteiger partial charge in [-0.2, -0.15) is 0 Å². The second kappa shape index (κ2) is 6.69. The Morgan fingerprint density at radius 2 is 2.20 bits per heavy atom. The maximum absolute atomic E-state index is 11.7. The lowest BCUT2D eigenvalue weighted by atomic mass is 10.3. The number of nitrogens with one attached hydrogen (secondary N) is 1. The molecule has 0 saturated carbocycles. The molecule has 0 unspecified atom stereocenters. The van der Waals surface area contributed by atoms with Crippen LogP contribution in [0.1, 0.15) is 37.2 Å². The third-order valence-corrected chi connectivity index (χ3v) is 3.10. The summed E-state index contributed by atoms with van der Waals surface area (Å²) in [7, 11) is 0. The van der Waals surface area contributed by atoms with Crippen molar-refractivity contribution in [1.82, 2.24) is 14.4 Å². The fourth-order valence-electron chi connectivity index (χ4n) is 1.77. The van der Waals surface area contributed by atoms with E-state index in [0.717, 1.165) is 19.4 Å². The van der Waals surface area contributed by atoms with Crippen LogP contribution in [-0.2, 0) is 4.74 Å². The number of hydrogen-bond donors (Lipinski definition) is 1. The molecular formula is C13H17BrN4O2. The van der Waals surface area contributed by atoms with Gasteiger partial charge < -0.3 is 14.5 Å². The Hall–Kier alpha value is -1.63. The van der Waals surface area contributed by atoms with Crippen molar-refractivity contribution in [1.29, 1.82) is 0 Å². The minimum absolute atomic E-state index is 0.283. The minimum Gasteiger partial charge on any atom is -0.461 e. The third-order valence-electron chi connectivity index (χ3n) is 2.72. The Labute approximate surface area is 125 Å². The summed E-state index contributed by atoms with van der Waals surface area (Å²) in [5.74, 6) is 0.232. The maximum atomic E-state index is 11.7. The number of unbranched alkanes of at least 4 members (excludes halogenated alkanes) is 1. The van der Waals surface area contributed by atoms with Gasteiger partial charge in [0.15, 0.2) is 17.2 Å². The predicted octanol–water partition coefficient (Wildman–Crippen LogP) is 2.88. The number of carbonyl (C=O) groups is 1. The summed E-state index contributed by atoms with van der Waals surface area (Å²) in [6.45, 7) is 5.04. The monoisotopic (exact) mass is 340 g/mol. The van der Waals surface area contributed by atoms with Crippen LogP contribution in [-0.4, -0.2) is 33.5 Å². The van der Waals surface area contributed by atoms with Gasteiger partial charge in [-0.15, -0.1) is 0 Å². The first kappa shape index (κ1) is 14.8. The van der Waals surface area contributed by atoms with Gasteiger partial charge >= 0.3 is 5.97 Å². The first-order valence-corrected chi connectivity index (χ1v) is 7.41. The van der Waals surface area contributed by atoms with Crippen molar-refractivity contribution >= 4 is 33.4 Å². The highest BCUT2D eigenvalue weighted by molar-refractivity contribution is 9.10. The summed E-state index contributed by atoms with van der Waals surface area (Å²) in [6.07, 6.45) is 5.55. The van der Waals surface area contributed by atoms with E-state index in [1.807, 2.05) is 0 Å². The minimum atomic E-state index is -0.424. The Balaban J connectivity index is 2.34. The molecule has 20 heavy (non-hydrogen) atoms. The fraction of sp³-hybridized carbons (Fsp3) is 0.462. The Bertz CT molecular complexity index is 612. The van der Waals surface area contributed by atoms with Crippen LogP contribution in [0.15, 0.2) is 17.0 Å². The zero-order chi connectivity index (χ0) is 14.5. The molecule has 6 nitrogen and oxygen atoms in total. The number of hydrogen-bond acceptors (Lipinski definition) is 5. The van der Waals surface area contributed by atoms with Crippen LogP contribution < -0.4 is 5.32 Å². The van der Waals surface area contributed by atoms with Crippen molar-refractivity contribution in [2.75, 3.05) is 18.5 Å². The molecule has 2 aromatic rings. The molecule has 0 radical (unpaired) electrons. The number of ether oxygens (including phenoxy) is 1. The zero-order valence-electron chi connectivity index (χ0n) is 11.5. The van der Waals surface area contributed by atoms with Gasteiger partial charge in [-0.05, 0) is 29.3 Å². The van der Waals surface area contributed by atoms with Crippen molar-refractivity contribution in [2.45, 2.75) is 26.7 Å². The van der Waals surface area contributed by atoms with Crippen molar-refractivity contribution < 1.29 is 9.53 Å². The Morgan fingerprint density at radius 1 is 1.40 bits per heavy atom. The van der Waals surface area contributed by atoms with Gasteiger partial charge in [0, 0.05) is 18.9 Å². The molecule has 0 atom stereocenters. The Kier molecular flexibility index (Phi) is 4.94. The summed E-state index contributed by atoms with van der Waals surface area (Å²) in [6, 6.07) is 0. The zero-order valence-corrected chi connectivity index (χ0v) is 13.1. The molecule has 0 saturated heterocycles. The largest absolute Gasteiger partial charge is 0.461 e. The average Bonchev–Trinajstić information content (AvgIpc) is 2.83. The van der Waals surface area contributed by atoms with Crippen LogP contribution >= 0.6 is 15.9 Å². The molecule has 108 valence electrons. The number of carbonyl (C=O) groups excluding carboxylic acids is 1. The van der Waals surface area contributed by atoms with Crippen LogP contribution in [0.2, 0.25) is 0 Å². The van der Waals surface area contributed by atoms with Gasteiger partial charge in [0.05, 0.1) is 6.61 Å². The SMILES string of the molecule is CCCCNc1nc(Br)cn2cc(C(=O)OCC)nc12. The fourth-order valence-corrected chi connectivity index (χ4v) is 2.17. The van der Waals surface area contributed by atoms with Gasteiger partial charge in [-0.3, -0.25) is 0 Å². The smallest absolute Gasteiger partial charge is 0.358 e. The molecular weight excluding hydrogens is 324 g/mol. The van der Waals surface area contributed by atoms with E-state index in [9.17, 15) is 4.79 Å². The number of fused-ring (bicyclic) bond motifs is 1. The predicted molar refractivity (Wildman–Crippen MR) is 80.0 cm³/mol. The van der Waals surface area contributed by atoms with E-state index in [1.54, 1.807) is 23.7 Å². The van der Waals surface area contributed by atoms with E-state index >= 15 is 0 Å². The molecule has 0 spiro atoms. The highest BCUT2D eigenvalue weighted by Crippen LogP contribution is 2.19. The van der Waals surface area contributed by atoms with Crippen LogP contribution in [0.5, 0.6) is 0 Å². The molecule has 2 rings (SSSR count). The van der Waals surface area contributed by atoms with E-state index < -0.39 is 5.97 Å². The first-order valence-electron chi connectivity index (χ1n) is 6.62. The molecule has 0 aliphatic rings. The number of esters is 1. The molecule has 2 heterocycles. The van der Waals surface area contributed by atoms with E-state index in [4.69, 9.17) is 4.74 Å². The number of aromatic nitrogens is 3. The van der Waals surface area contributed by atoms with Crippen molar-refractivity contribution in [3.05, 3.63) is 22.7 Å². The number of halogens is 1. The molecule has 7 heteroatoms. The second-order valence-corrected chi connectivity index (χ2v) is 5.08. The van der Waals surface area contributed by atoms with E-state index in [0.29, 0.717) is 22.7 Å². The quantitative estimate of drug-likeness (QED) is 0.646. The van der Waals surface area contributed by atoms with Crippen LogP contribution in [0.4, 0.5) is 5.82 Å². The second-order valence-electron chi connectivity index (χ2n) is 4.27. The first-order chi connectivity index (χ1) is 9.65. The maximum Gasteiger partial charge on any atom is 0.358 e.